The lowest BCUT2D eigenvalue weighted by Gasteiger charge is -2.09. The molecular formula is C21H14ClN3O. The molecule has 1 amide bonds. The lowest BCUT2D eigenvalue weighted by molar-refractivity contribution is 0.100. The highest BCUT2D eigenvalue weighted by Gasteiger charge is 2.18. The number of carbonyl (C=O) groups excluding carboxylic acids is 1. The monoisotopic (exact) mass is 359 g/mol. The van der Waals surface area contributed by atoms with Gasteiger partial charge in [-0.15, -0.1) is 0 Å². The van der Waals surface area contributed by atoms with Crippen molar-refractivity contribution in [3.8, 4) is 6.07 Å². The molecule has 1 aromatic heterocycles. The van der Waals surface area contributed by atoms with Crippen LogP contribution in [-0.4, -0.2) is 10.5 Å². The number of hydrogen-bond acceptors (Lipinski definition) is 2. The van der Waals surface area contributed by atoms with Crippen LogP contribution >= 0.6 is 11.6 Å². The van der Waals surface area contributed by atoms with Gasteiger partial charge in [0.2, 0.25) is 5.91 Å². The van der Waals surface area contributed by atoms with Gasteiger partial charge in [0.25, 0.3) is 0 Å². The molecule has 4 nitrogen and oxygen atoms in total. The van der Waals surface area contributed by atoms with E-state index in [0.29, 0.717) is 22.7 Å². The zero-order valence-electron chi connectivity index (χ0n) is 13.7. The lowest BCUT2D eigenvalue weighted by Crippen LogP contribution is -2.11. The quantitative estimate of drug-likeness (QED) is 0.586. The van der Waals surface area contributed by atoms with E-state index in [1.54, 1.807) is 18.2 Å². The van der Waals surface area contributed by atoms with Crippen molar-refractivity contribution in [2.24, 2.45) is 5.73 Å². The van der Waals surface area contributed by atoms with Crippen molar-refractivity contribution in [1.29, 1.82) is 5.26 Å². The van der Waals surface area contributed by atoms with Gasteiger partial charge >= 0.3 is 0 Å². The van der Waals surface area contributed by atoms with Gasteiger partial charge in [-0.1, -0.05) is 41.9 Å². The highest BCUT2D eigenvalue weighted by atomic mass is 35.5. The average Bonchev–Trinajstić information content (AvgIpc) is 2.97. The van der Waals surface area contributed by atoms with Gasteiger partial charge in [-0.25, -0.2) is 0 Å². The second kappa shape index (κ2) is 6.21. The number of fused-ring (bicyclic) bond motifs is 3. The number of aromatic nitrogens is 1. The topological polar surface area (TPSA) is 71.8 Å². The molecule has 0 aliphatic heterocycles. The molecule has 0 spiro atoms. The summed E-state index contributed by atoms with van der Waals surface area (Å²) in [5.41, 5.74) is 9.48. The number of nitriles is 1. The van der Waals surface area contributed by atoms with Crippen LogP contribution in [0.15, 0.2) is 60.7 Å². The Kier molecular flexibility index (Phi) is 3.87. The van der Waals surface area contributed by atoms with Crippen molar-refractivity contribution in [2.45, 2.75) is 6.54 Å². The van der Waals surface area contributed by atoms with Crippen LogP contribution in [0.3, 0.4) is 0 Å². The van der Waals surface area contributed by atoms with E-state index in [1.165, 1.54) is 0 Å². The summed E-state index contributed by atoms with van der Waals surface area (Å²) in [7, 11) is 0. The summed E-state index contributed by atoms with van der Waals surface area (Å²) in [5, 5.41) is 11.3. The largest absolute Gasteiger partial charge is 0.366 e. The Labute approximate surface area is 155 Å². The Morgan fingerprint density at radius 2 is 1.81 bits per heavy atom. The van der Waals surface area contributed by atoms with E-state index in [-0.39, 0.29) is 0 Å². The fraction of sp³-hybridized carbons (Fsp3) is 0.0476. The molecule has 0 atom stereocenters. The van der Waals surface area contributed by atoms with Crippen LogP contribution in [0.4, 0.5) is 0 Å². The van der Waals surface area contributed by atoms with Crippen LogP contribution in [0, 0.1) is 11.3 Å². The normalized spacial score (nSPS) is 10.9. The summed E-state index contributed by atoms with van der Waals surface area (Å²) in [6.07, 6.45) is 0. The molecule has 0 fully saturated rings. The van der Waals surface area contributed by atoms with Crippen LogP contribution < -0.4 is 5.73 Å². The van der Waals surface area contributed by atoms with Gasteiger partial charge in [-0.05, 0) is 35.9 Å². The number of para-hydroxylation sites is 1. The molecule has 0 saturated heterocycles. The third-order valence-electron chi connectivity index (χ3n) is 4.55. The molecule has 126 valence electrons. The van der Waals surface area contributed by atoms with E-state index < -0.39 is 5.91 Å². The minimum Gasteiger partial charge on any atom is -0.366 e. The third kappa shape index (κ3) is 2.50. The zero-order valence-corrected chi connectivity index (χ0v) is 14.5. The van der Waals surface area contributed by atoms with Gasteiger partial charge in [-0.2, -0.15) is 5.26 Å². The predicted molar refractivity (Wildman–Crippen MR) is 103 cm³/mol. The van der Waals surface area contributed by atoms with Gasteiger partial charge < -0.3 is 10.3 Å². The number of hydrogen-bond donors (Lipinski definition) is 1. The zero-order chi connectivity index (χ0) is 18.3. The summed E-state index contributed by atoms with van der Waals surface area (Å²) in [6.45, 7) is 0.567. The molecule has 2 N–H and O–H groups in total. The highest BCUT2D eigenvalue weighted by molar-refractivity contribution is 6.37. The van der Waals surface area contributed by atoms with Gasteiger partial charge in [-0.3, -0.25) is 4.79 Å². The number of carbonyl (C=O) groups is 1. The van der Waals surface area contributed by atoms with E-state index >= 15 is 0 Å². The smallest absolute Gasteiger partial charge is 0.249 e. The second-order valence-corrected chi connectivity index (χ2v) is 6.50. The Bertz CT molecular complexity index is 1200. The van der Waals surface area contributed by atoms with E-state index in [2.05, 4.69) is 10.6 Å². The Hall–Kier alpha value is -3.29. The van der Waals surface area contributed by atoms with Gasteiger partial charge in [0.15, 0.2) is 0 Å². The van der Waals surface area contributed by atoms with Gasteiger partial charge in [0.1, 0.15) is 0 Å². The standard InChI is InChI=1S/C21H14ClN3O/c22-17-5-1-3-15-19-16(21(24)26)4-2-6-18(19)25(20(15)17)12-14-9-7-13(11-23)8-10-14/h1-10H,12H2,(H2,24,26). The number of rotatable bonds is 3. The van der Waals surface area contributed by atoms with E-state index in [9.17, 15) is 4.79 Å². The maximum Gasteiger partial charge on any atom is 0.249 e. The molecule has 26 heavy (non-hydrogen) atoms. The summed E-state index contributed by atoms with van der Waals surface area (Å²) in [6, 6.07) is 20.7. The summed E-state index contributed by atoms with van der Waals surface area (Å²) in [5.74, 6) is -0.465. The molecule has 4 rings (SSSR count). The van der Waals surface area contributed by atoms with Crippen molar-refractivity contribution in [3.05, 3.63) is 82.4 Å². The number of primary amides is 1. The SMILES string of the molecule is N#Cc1ccc(Cn2c3cccc(C(N)=O)c3c3cccc(Cl)c32)cc1. The summed E-state index contributed by atoms with van der Waals surface area (Å²) < 4.78 is 2.08. The molecule has 5 heteroatoms. The molecule has 3 aromatic carbocycles. The van der Waals surface area contributed by atoms with E-state index in [0.717, 1.165) is 27.4 Å². The highest BCUT2D eigenvalue weighted by Crippen LogP contribution is 2.35. The number of nitrogens with two attached hydrogens (primary N) is 1. The van der Waals surface area contributed by atoms with E-state index in [4.69, 9.17) is 22.6 Å². The van der Waals surface area contributed by atoms with Gasteiger partial charge in [0.05, 0.1) is 27.7 Å². The molecule has 0 aliphatic rings. The van der Waals surface area contributed by atoms with Gasteiger partial charge in [0, 0.05) is 22.9 Å². The summed E-state index contributed by atoms with van der Waals surface area (Å²) in [4.78, 5) is 11.9. The molecule has 0 radical (unpaired) electrons. The number of benzene rings is 3. The van der Waals surface area contributed by atoms with Crippen LogP contribution in [0.5, 0.6) is 0 Å². The first-order chi connectivity index (χ1) is 12.6. The molecular weight excluding hydrogens is 346 g/mol. The van der Waals surface area contributed by atoms with Crippen LogP contribution in [0.1, 0.15) is 21.5 Å². The number of nitrogens with zero attached hydrogens (tertiary/aromatic N) is 2. The molecule has 0 bridgehead atoms. The Balaban J connectivity index is 2.02. The fourth-order valence-corrected chi connectivity index (χ4v) is 3.67. The molecule has 4 aromatic rings. The summed E-state index contributed by atoms with van der Waals surface area (Å²) >= 11 is 6.50. The first-order valence-corrected chi connectivity index (χ1v) is 8.46. The molecule has 0 saturated carbocycles. The van der Waals surface area contributed by atoms with Crippen LogP contribution in [0.2, 0.25) is 5.02 Å². The van der Waals surface area contributed by atoms with Crippen molar-refractivity contribution in [1.82, 2.24) is 4.57 Å². The second-order valence-electron chi connectivity index (χ2n) is 6.09. The predicted octanol–water partition coefficient (Wildman–Crippen LogP) is 4.47. The van der Waals surface area contributed by atoms with Crippen molar-refractivity contribution >= 4 is 39.3 Å². The minimum atomic E-state index is -0.465. The van der Waals surface area contributed by atoms with Crippen LogP contribution in [0.25, 0.3) is 21.8 Å². The number of amides is 1. The van der Waals surface area contributed by atoms with E-state index in [1.807, 2.05) is 42.5 Å². The minimum absolute atomic E-state index is 0.465. The molecule has 1 heterocycles. The Morgan fingerprint density at radius 3 is 2.50 bits per heavy atom. The lowest BCUT2D eigenvalue weighted by atomic mass is 10.1. The fourth-order valence-electron chi connectivity index (χ4n) is 3.40. The van der Waals surface area contributed by atoms with Crippen molar-refractivity contribution in [3.63, 3.8) is 0 Å². The molecule has 0 unspecified atom stereocenters. The van der Waals surface area contributed by atoms with Crippen LogP contribution in [-0.2, 0) is 6.54 Å². The van der Waals surface area contributed by atoms with Crippen molar-refractivity contribution in [2.75, 3.05) is 0 Å². The first-order valence-electron chi connectivity index (χ1n) is 8.08. The first kappa shape index (κ1) is 16.2. The maximum absolute atomic E-state index is 11.9. The molecule has 0 aliphatic carbocycles. The average molecular weight is 360 g/mol. The maximum atomic E-state index is 11.9. The Morgan fingerprint density at radius 1 is 1.08 bits per heavy atom. The third-order valence-corrected chi connectivity index (χ3v) is 4.85. The van der Waals surface area contributed by atoms with Crippen molar-refractivity contribution < 1.29 is 4.79 Å². The number of halogens is 1.